The lowest BCUT2D eigenvalue weighted by Gasteiger charge is -2.18. The van der Waals surface area contributed by atoms with Crippen molar-refractivity contribution in [2.24, 2.45) is 11.8 Å². The maximum atomic E-state index is 11.7. The normalized spacial score (nSPS) is 12.2. The van der Waals surface area contributed by atoms with Crippen molar-refractivity contribution in [2.75, 3.05) is 6.54 Å². The summed E-state index contributed by atoms with van der Waals surface area (Å²) in [5.74, 6) is -0.464. The summed E-state index contributed by atoms with van der Waals surface area (Å²) < 4.78 is 0.983. The van der Waals surface area contributed by atoms with Gasteiger partial charge in [-0.3, -0.25) is 4.79 Å². The van der Waals surface area contributed by atoms with Gasteiger partial charge in [0.15, 0.2) is 0 Å². The first-order valence-electron chi connectivity index (χ1n) is 6.83. The summed E-state index contributed by atoms with van der Waals surface area (Å²) >= 11 is 4.97. The number of thiophene rings is 1. The van der Waals surface area contributed by atoms with Crippen molar-refractivity contribution >= 4 is 39.3 Å². The van der Waals surface area contributed by atoms with Gasteiger partial charge in [0, 0.05) is 22.3 Å². The number of carboxylic acids is 1. The number of rotatable bonds is 8. The van der Waals surface area contributed by atoms with Crippen LogP contribution in [0.25, 0.3) is 0 Å². The van der Waals surface area contributed by atoms with E-state index in [2.05, 4.69) is 26.6 Å². The fraction of sp³-hybridized carbons (Fsp3) is 0.571. The molecule has 0 saturated heterocycles. The molecule has 2 amide bonds. The first-order chi connectivity index (χ1) is 9.88. The summed E-state index contributed by atoms with van der Waals surface area (Å²) in [4.78, 5) is 23.6. The lowest BCUT2D eigenvalue weighted by Crippen LogP contribution is -2.38. The molecule has 118 valence electrons. The van der Waals surface area contributed by atoms with E-state index in [0.29, 0.717) is 19.0 Å². The molecule has 0 bridgehead atoms. The largest absolute Gasteiger partial charge is 0.481 e. The molecule has 3 N–H and O–H groups in total. The number of amides is 2. The zero-order chi connectivity index (χ0) is 15.8. The minimum atomic E-state index is -0.828. The zero-order valence-electron chi connectivity index (χ0n) is 12.2. The number of carbonyl (C=O) groups is 2. The van der Waals surface area contributed by atoms with Crippen LogP contribution in [0, 0.1) is 11.8 Å². The lowest BCUT2D eigenvalue weighted by molar-refractivity contribution is -0.138. The van der Waals surface area contributed by atoms with Crippen LogP contribution in [0.2, 0.25) is 0 Å². The molecule has 0 aliphatic rings. The molecule has 1 aromatic heterocycles. The van der Waals surface area contributed by atoms with Crippen LogP contribution in [-0.2, 0) is 11.3 Å². The number of hydrogen-bond acceptors (Lipinski definition) is 3. The number of halogens is 1. The summed E-state index contributed by atoms with van der Waals surface area (Å²) in [6.07, 6.45) is 0.859. The smallest absolute Gasteiger partial charge is 0.315 e. The van der Waals surface area contributed by atoms with Crippen molar-refractivity contribution in [1.29, 1.82) is 0 Å². The van der Waals surface area contributed by atoms with E-state index in [4.69, 9.17) is 5.11 Å². The second kappa shape index (κ2) is 9.04. The number of aliphatic carboxylic acids is 1. The monoisotopic (exact) mass is 376 g/mol. The summed E-state index contributed by atoms with van der Waals surface area (Å²) in [5, 5.41) is 16.4. The molecular weight excluding hydrogens is 356 g/mol. The van der Waals surface area contributed by atoms with Gasteiger partial charge < -0.3 is 15.7 Å². The minimum absolute atomic E-state index is 0.0401. The summed E-state index contributed by atoms with van der Waals surface area (Å²) in [6.45, 7) is 4.92. The molecule has 1 aromatic rings. The number of urea groups is 1. The minimum Gasteiger partial charge on any atom is -0.481 e. The van der Waals surface area contributed by atoms with Gasteiger partial charge in [0.05, 0.1) is 6.54 Å². The number of carboxylic acid groups (broad SMARTS) is 1. The van der Waals surface area contributed by atoms with Crippen molar-refractivity contribution in [2.45, 2.75) is 33.2 Å². The van der Waals surface area contributed by atoms with E-state index in [1.165, 1.54) is 0 Å². The highest BCUT2D eigenvalue weighted by Gasteiger charge is 2.16. The molecule has 7 heteroatoms. The molecule has 21 heavy (non-hydrogen) atoms. The molecule has 0 spiro atoms. The Labute approximate surface area is 137 Å². The molecule has 1 rings (SSSR count). The Morgan fingerprint density at radius 2 is 2.10 bits per heavy atom. The summed E-state index contributed by atoms with van der Waals surface area (Å²) in [7, 11) is 0. The van der Waals surface area contributed by atoms with E-state index in [-0.39, 0.29) is 18.4 Å². The van der Waals surface area contributed by atoms with Crippen LogP contribution in [-0.4, -0.2) is 23.7 Å². The topological polar surface area (TPSA) is 78.4 Å². The summed E-state index contributed by atoms with van der Waals surface area (Å²) in [5.41, 5.74) is 0. The highest BCUT2D eigenvalue weighted by molar-refractivity contribution is 9.10. The molecular formula is C14H21BrN2O3S. The quantitative estimate of drug-likeness (QED) is 0.649. The predicted octanol–water partition coefficient (Wildman–Crippen LogP) is 3.45. The van der Waals surface area contributed by atoms with E-state index < -0.39 is 5.97 Å². The van der Waals surface area contributed by atoms with Crippen molar-refractivity contribution in [3.8, 4) is 0 Å². The molecule has 0 fully saturated rings. The van der Waals surface area contributed by atoms with E-state index in [9.17, 15) is 9.59 Å². The van der Waals surface area contributed by atoms with Gasteiger partial charge in [-0.1, -0.05) is 13.8 Å². The highest BCUT2D eigenvalue weighted by Crippen LogP contribution is 2.22. The molecule has 0 aliphatic heterocycles. The average molecular weight is 377 g/mol. The SMILES string of the molecule is CC(C)C[C@H](CNC(=O)NCc1sccc1Br)CC(=O)O. The van der Waals surface area contributed by atoms with Crippen LogP contribution in [0.1, 0.15) is 31.6 Å². The van der Waals surface area contributed by atoms with E-state index in [1.807, 2.05) is 25.3 Å². The third kappa shape index (κ3) is 7.47. The fourth-order valence-corrected chi connectivity index (χ4v) is 3.50. The van der Waals surface area contributed by atoms with Crippen LogP contribution >= 0.6 is 27.3 Å². The second-order valence-electron chi connectivity index (χ2n) is 5.35. The molecule has 1 heterocycles. The maximum absolute atomic E-state index is 11.7. The van der Waals surface area contributed by atoms with E-state index >= 15 is 0 Å². The predicted molar refractivity (Wildman–Crippen MR) is 87.5 cm³/mol. The Bertz CT molecular complexity index is 477. The first-order valence-corrected chi connectivity index (χ1v) is 8.51. The van der Waals surface area contributed by atoms with Crippen molar-refractivity contribution in [3.63, 3.8) is 0 Å². The van der Waals surface area contributed by atoms with Gasteiger partial charge >= 0.3 is 12.0 Å². The first kappa shape index (κ1) is 18.0. The molecule has 0 aromatic carbocycles. The number of carbonyl (C=O) groups excluding carboxylic acids is 1. The maximum Gasteiger partial charge on any atom is 0.315 e. The van der Waals surface area contributed by atoms with Crippen LogP contribution < -0.4 is 10.6 Å². The Hall–Kier alpha value is -1.08. The van der Waals surface area contributed by atoms with Gasteiger partial charge in [0.2, 0.25) is 0 Å². The van der Waals surface area contributed by atoms with Gasteiger partial charge in [0.1, 0.15) is 0 Å². The Morgan fingerprint density at radius 3 is 2.62 bits per heavy atom. The second-order valence-corrected chi connectivity index (χ2v) is 7.20. The van der Waals surface area contributed by atoms with Crippen molar-refractivity contribution < 1.29 is 14.7 Å². The van der Waals surface area contributed by atoms with Crippen LogP contribution in [0.4, 0.5) is 4.79 Å². The van der Waals surface area contributed by atoms with Gasteiger partial charge in [-0.2, -0.15) is 0 Å². The van der Waals surface area contributed by atoms with Gasteiger partial charge in [-0.25, -0.2) is 4.79 Å². The van der Waals surface area contributed by atoms with Crippen molar-refractivity contribution in [3.05, 3.63) is 20.8 Å². The van der Waals surface area contributed by atoms with Crippen LogP contribution in [0.3, 0.4) is 0 Å². The Morgan fingerprint density at radius 1 is 1.38 bits per heavy atom. The van der Waals surface area contributed by atoms with Crippen LogP contribution in [0.5, 0.6) is 0 Å². The molecule has 0 aliphatic carbocycles. The number of nitrogens with one attached hydrogen (secondary N) is 2. The lowest BCUT2D eigenvalue weighted by atomic mass is 9.94. The molecule has 5 nitrogen and oxygen atoms in total. The van der Waals surface area contributed by atoms with Gasteiger partial charge in [-0.05, 0) is 45.6 Å². The van der Waals surface area contributed by atoms with Gasteiger partial charge in [-0.15, -0.1) is 11.3 Å². The molecule has 1 atom stereocenters. The Kier molecular flexibility index (Phi) is 7.74. The van der Waals surface area contributed by atoms with Gasteiger partial charge in [0.25, 0.3) is 0 Å². The van der Waals surface area contributed by atoms with Crippen LogP contribution in [0.15, 0.2) is 15.9 Å². The summed E-state index contributed by atoms with van der Waals surface area (Å²) in [6, 6.07) is 1.67. The molecule has 0 radical (unpaired) electrons. The fourth-order valence-electron chi connectivity index (χ4n) is 2.06. The zero-order valence-corrected chi connectivity index (χ0v) is 14.6. The highest BCUT2D eigenvalue weighted by atomic mass is 79.9. The average Bonchev–Trinajstić information content (AvgIpc) is 2.77. The third-order valence-electron chi connectivity index (χ3n) is 2.92. The number of hydrogen-bond donors (Lipinski definition) is 3. The third-order valence-corrected chi connectivity index (χ3v) is 4.85. The standard InChI is InChI=1S/C14H21BrN2O3S/c1-9(2)5-10(6-13(18)19)7-16-14(20)17-8-12-11(15)3-4-21-12/h3-4,9-10H,5-8H2,1-2H3,(H,18,19)(H2,16,17,20)/t10-/m0/s1. The van der Waals surface area contributed by atoms with Crippen molar-refractivity contribution in [1.82, 2.24) is 10.6 Å². The molecule has 0 unspecified atom stereocenters. The van der Waals surface area contributed by atoms with E-state index in [1.54, 1.807) is 11.3 Å². The molecule has 0 saturated carbocycles. The van der Waals surface area contributed by atoms with E-state index in [0.717, 1.165) is 15.8 Å². The Balaban J connectivity index is 2.35.